The lowest BCUT2D eigenvalue weighted by Gasteiger charge is -2.16. The SMILES string of the molecule is CCSc1ccccc1C(=O)Nc1ccccc1[C@H](C)CC. The number of amides is 1. The van der Waals surface area contributed by atoms with Gasteiger partial charge in [0.15, 0.2) is 0 Å². The van der Waals surface area contributed by atoms with Crippen LogP contribution in [-0.2, 0) is 0 Å². The average molecular weight is 313 g/mol. The second-order valence-electron chi connectivity index (χ2n) is 5.28. The summed E-state index contributed by atoms with van der Waals surface area (Å²) < 4.78 is 0. The summed E-state index contributed by atoms with van der Waals surface area (Å²) in [5.41, 5.74) is 2.85. The molecule has 0 radical (unpaired) electrons. The van der Waals surface area contributed by atoms with Crippen LogP contribution in [0.3, 0.4) is 0 Å². The molecule has 2 rings (SSSR count). The molecule has 1 N–H and O–H groups in total. The van der Waals surface area contributed by atoms with Gasteiger partial charge < -0.3 is 5.32 Å². The highest BCUT2D eigenvalue weighted by atomic mass is 32.2. The maximum Gasteiger partial charge on any atom is 0.256 e. The van der Waals surface area contributed by atoms with Gasteiger partial charge in [-0.2, -0.15) is 0 Å². The van der Waals surface area contributed by atoms with E-state index >= 15 is 0 Å². The summed E-state index contributed by atoms with van der Waals surface area (Å²) in [6.45, 7) is 6.44. The fourth-order valence-electron chi connectivity index (χ4n) is 2.39. The Labute approximate surface area is 137 Å². The van der Waals surface area contributed by atoms with Crippen LogP contribution in [0.2, 0.25) is 0 Å². The molecule has 0 saturated heterocycles. The largest absolute Gasteiger partial charge is 0.322 e. The van der Waals surface area contributed by atoms with E-state index in [1.165, 1.54) is 5.56 Å². The summed E-state index contributed by atoms with van der Waals surface area (Å²) in [4.78, 5) is 13.7. The van der Waals surface area contributed by atoms with Crippen molar-refractivity contribution >= 4 is 23.4 Å². The first kappa shape index (κ1) is 16.6. The molecule has 0 aliphatic heterocycles. The fraction of sp³-hybridized carbons (Fsp3) is 0.316. The highest BCUT2D eigenvalue weighted by Gasteiger charge is 2.14. The number of hydrogen-bond acceptors (Lipinski definition) is 2. The number of anilines is 1. The van der Waals surface area contributed by atoms with Crippen molar-refractivity contribution in [1.29, 1.82) is 0 Å². The minimum atomic E-state index is -0.0349. The third kappa shape index (κ3) is 3.92. The Morgan fingerprint density at radius 2 is 1.77 bits per heavy atom. The van der Waals surface area contributed by atoms with E-state index in [0.29, 0.717) is 5.92 Å². The highest BCUT2D eigenvalue weighted by Crippen LogP contribution is 2.28. The lowest BCUT2D eigenvalue weighted by Crippen LogP contribution is -2.14. The van der Waals surface area contributed by atoms with Gasteiger partial charge in [0.2, 0.25) is 0 Å². The van der Waals surface area contributed by atoms with Crippen molar-refractivity contribution in [3.8, 4) is 0 Å². The van der Waals surface area contributed by atoms with Crippen LogP contribution in [0.5, 0.6) is 0 Å². The normalized spacial score (nSPS) is 12.0. The van der Waals surface area contributed by atoms with Gasteiger partial charge in [0.25, 0.3) is 5.91 Å². The molecular weight excluding hydrogens is 290 g/mol. The van der Waals surface area contributed by atoms with Crippen LogP contribution in [0.15, 0.2) is 53.4 Å². The summed E-state index contributed by atoms with van der Waals surface area (Å²) in [5.74, 6) is 1.34. The van der Waals surface area contributed by atoms with E-state index in [9.17, 15) is 4.79 Å². The van der Waals surface area contributed by atoms with Gasteiger partial charge in [0.05, 0.1) is 5.56 Å². The first-order valence-corrected chi connectivity index (χ1v) is 8.78. The number of carbonyl (C=O) groups is 1. The molecule has 0 heterocycles. The third-order valence-electron chi connectivity index (χ3n) is 3.78. The molecule has 0 aliphatic carbocycles. The van der Waals surface area contributed by atoms with Gasteiger partial charge >= 0.3 is 0 Å². The maximum atomic E-state index is 12.6. The van der Waals surface area contributed by atoms with Crippen LogP contribution in [0.4, 0.5) is 5.69 Å². The summed E-state index contributed by atoms with van der Waals surface area (Å²) in [7, 11) is 0. The summed E-state index contributed by atoms with van der Waals surface area (Å²) in [6.07, 6.45) is 1.05. The fourth-order valence-corrected chi connectivity index (χ4v) is 3.19. The smallest absolute Gasteiger partial charge is 0.256 e. The number of nitrogens with one attached hydrogen (secondary N) is 1. The van der Waals surface area contributed by atoms with Crippen molar-refractivity contribution in [2.45, 2.75) is 38.0 Å². The van der Waals surface area contributed by atoms with E-state index in [1.54, 1.807) is 11.8 Å². The van der Waals surface area contributed by atoms with Gasteiger partial charge in [0.1, 0.15) is 0 Å². The van der Waals surface area contributed by atoms with Crippen molar-refractivity contribution in [3.63, 3.8) is 0 Å². The zero-order valence-electron chi connectivity index (χ0n) is 13.4. The molecule has 116 valence electrons. The molecule has 0 fully saturated rings. The molecule has 3 heteroatoms. The van der Waals surface area contributed by atoms with E-state index in [1.807, 2.05) is 42.5 Å². The average Bonchev–Trinajstić information content (AvgIpc) is 2.55. The predicted molar refractivity (Wildman–Crippen MR) is 95.9 cm³/mol. The van der Waals surface area contributed by atoms with E-state index in [2.05, 4.69) is 32.2 Å². The summed E-state index contributed by atoms with van der Waals surface area (Å²) >= 11 is 1.69. The first-order chi connectivity index (χ1) is 10.7. The van der Waals surface area contributed by atoms with Crippen LogP contribution in [0.1, 0.15) is 49.0 Å². The van der Waals surface area contributed by atoms with E-state index < -0.39 is 0 Å². The Hall–Kier alpha value is -1.74. The van der Waals surface area contributed by atoms with Crippen LogP contribution >= 0.6 is 11.8 Å². The highest BCUT2D eigenvalue weighted by molar-refractivity contribution is 7.99. The second-order valence-corrected chi connectivity index (χ2v) is 6.59. The van der Waals surface area contributed by atoms with E-state index in [-0.39, 0.29) is 5.91 Å². The van der Waals surface area contributed by atoms with Gasteiger partial charge in [-0.25, -0.2) is 0 Å². The Balaban J connectivity index is 2.27. The maximum absolute atomic E-state index is 12.6. The summed E-state index contributed by atoms with van der Waals surface area (Å²) in [6, 6.07) is 15.8. The van der Waals surface area contributed by atoms with Crippen LogP contribution < -0.4 is 5.32 Å². The second kappa shape index (κ2) is 8.04. The van der Waals surface area contributed by atoms with Crippen molar-refractivity contribution in [1.82, 2.24) is 0 Å². The molecular formula is C19H23NOS. The molecule has 2 aromatic rings. The molecule has 22 heavy (non-hydrogen) atoms. The molecule has 0 spiro atoms. The van der Waals surface area contributed by atoms with Gasteiger partial charge in [0, 0.05) is 10.6 Å². The third-order valence-corrected chi connectivity index (χ3v) is 4.74. The van der Waals surface area contributed by atoms with Crippen molar-refractivity contribution in [2.75, 3.05) is 11.1 Å². The zero-order valence-corrected chi connectivity index (χ0v) is 14.2. The predicted octanol–water partition coefficient (Wildman–Crippen LogP) is 5.56. The molecule has 0 saturated carbocycles. The zero-order chi connectivity index (χ0) is 15.9. The Kier molecular flexibility index (Phi) is 6.08. The molecule has 0 unspecified atom stereocenters. The van der Waals surface area contributed by atoms with Crippen molar-refractivity contribution in [3.05, 3.63) is 59.7 Å². The Morgan fingerprint density at radius 1 is 1.09 bits per heavy atom. The Bertz CT molecular complexity index is 639. The standard InChI is InChI=1S/C19H23NOS/c1-4-14(3)15-10-6-8-12-17(15)20-19(21)16-11-7-9-13-18(16)22-5-2/h6-14H,4-5H2,1-3H3,(H,20,21)/t14-/m1/s1. The van der Waals surface area contributed by atoms with Gasteiger partial charge in [-0.15, -0.1) is 11.8 Å². The van der Waals surface area contributed by atoms with Crippen molar-refractivity contribution in [2.24, 2.45) is 0 Å². The lowest BCUT2D eigenvalue weighted by molar-refractivity contribution is 0.102. The lowest BCUT2D eigenvalue weighted by atomic mass is 9.97. The molecule has 0 aromatic heterocycles. The van der Waals surface area contributed by atoms with Gasteiger partial charge in [-0.3, -0.25) is 4.79 Å². The minimum absolute atomic E-state index is 0.0349. The Morgan fingerprint density at radius 3 is 2.50 bits per heavy atom. The number of para-hydroxylation sites is 1. The first-order valence-electron chi connectivity index (χ1n) is 7.79. The molecule has 2 nitrogen and oxygen atoms in total. The topological polar surface area (TPSA) is 29.1 Å². The number of thioether (sulfide) groups is 1. The van der Waals surface area contributed by atoms with E-state index in [4.69, 9.17) is 0 Å². The monoisotopic (exact) mass is 313 g/mol. The molecule has 2 aromatic carbocycles. The molecule has 1 atom stereocenters. The molecule has 0 aliphatic rings. The summed E-state index contributed by atoms with van der Waals surface area (Å²) in [5, 5.41) is 3.09. The minimum Gasteiger partial charge on any atom is -0.322 e. The number of hydrogen-bond donors (Lipinski definition) is 1. The van der Waals surface area contributed by atoms with Gasteiger partial charge in [-0.1, -0.05) is 51.1 Å². The van der Waals surface area contributed by atoms with Crippen LogP contribution in [0.25, 0.3) is 0 Å². The van der Waals surface area contributed by atoms with E-state index in [0.717, 1.165) is 28.3 Å². The molecule has 1 amide bonds. The number of rotatable bonds is 6. The van der Waals surface area contributed by atoms with Crippen LogP contribution in [-0.4, -0.2) is 11.7 Å². The van der Waals surface area contributed by atoms with Crippen LogP contribution in [0, 0.1) is 0 Å². The van der Waals surface area contributed by atoms with Crippen molar-refractivity contribution < 1.29 is 4.79 Å². The number of benzene rings is 2. The number of carbonyl (C=O) groups excluding carboxylic acids is 1. The van der Waals surface area contributed by atoms with Gasteiger partial charge in [-0.05, 0) is 41.9 Å². The molecule has 0 bridgehead atoms. The quantitative estimate of drug-likeness (QED) is 0.707.